The molecular weight excluding hydrogens is 193 g/mol. The van der Waals surface area contributed by atoms with Crippen LogP contribution in [0, 0.1) is 6.92 Å². The molecule has 1 heterocycles. The van der Waals surface area contributed by atoms with Gasteiger partial charge in [0.25, 0.3) is 0 Å². The highest BCUT2D eigenvalue weighted by Crippen LogP contribution is 2.13. The van der Waals surface area contributed by atoms with Gasteiger partial charge in [-0.2, -0.15) is 13.2 Å². The van der Waals surface area contributed by atoms with Gasteiger partial charge >= 0.3 is 6.18 Å². The van der Waals surface area contributed by atoms with Crippen LogP contribution in [-0.2, 0) is 6.54 Å². The predicted molar refractivity (Wildman–Crippen MR) is 46.7 cm³/mol. The minimum atomic E-state index is -4.16. The van der Waals surface area contributed by atoms with Gasteiger partial charge in [0, 0.05) is 18.9 Å². The molecule has 14 heavy (non-hydrogen) atoms. The van der Waals surface area contributed by atoms with Crippen molar-refractivity contribution < 1.29 is 13.2 Å². The molecule has 1 N–H and O–H groups in total. The van der Waals surface area contributed by atoms with Gasteiger partial charge in [-0.25, -0.2) is 0 Å². The summed E-state index contributed by atoms with van der Waals surface area (Å²) in [4.78, 5) is 3.84. The van der Waals surface area contributed by atoms with Crippen LogP contribution in [0.2, 0.25) is 0 Å². The topological polar surface area (TPSA) is 24.9 Å². The number of hydrogen-bond acceptors (Lipinski definition) is 2. The van der Waals surface area contributed by atoms with Gasteiger partial charge in [-0.1, -0.05) is 0 Å². The minimum absolute atomic E-state index is 0.194. The van der Waals surface area contributed by atoms with Gasteiger partial charge in [-0.05, 0) is 24.1 Å². The highest BCUT2D eigenvalue weighted by atomic mass is 19.4. The Morgan fingerprint density at radius 3 is 2.71 bits per heavy atom. The van der Waals surface area contributed by atoms with Crippen LogP contribution in [0.15, 0.2) is 18.5 Å². The number of nitrogens with one attached hydrogen (secondary N) is 1. The molecule has 0 aliphatic rings. The Morgan fingerprint density at radius 1 is 1.43 bits per heavy atom. The second-order valence-corrected chi connectivity index (χ2v) is 3.02. The Balaban J connectivity index is 2.43. The average molecular weight is 204 g/mol. The molecular formula is C9H11F3N2. The molecule has 0 amide bonds. The SMILES string of the molecule is Cc1ccncc1CNCC(F)(F)F. The smallest absolute Gasteiger partial charge is 0.305 e. The van der Waals surface area contributed by atoms with E-state index in [2.05, 4.69) is 10.3 Å². The highest BCUT2D eigenvalue weighted by molar-refractivity contribution is 5.20. The number of aryl methyl sites for hydroxylation is 1. The summed E-state index contributed by atoms with van der Waals surface area (Å²) in [6.45, 7) is 1.06. The first-order valence-corrected chi connectivity index (χ1v) is 4.16. The van der Waals surface area contributed by atoms with Crippen molar-refractivity contribution in [2.24, 2.45) is 0 Å². The standard InChI is InChI=1S/C9H11F3N2/c1-7-2-3-13-4-8(7)5-14-6-9(10,11)12/h2-4,14H,5-6H2,1H3. The molecule has 0 aliphatic heterocycles. The predicted octanol–water partition coefficient (Wildman–Crippen LogP) is 2.04. The number of nitrogens with zero attached hydrogens (tertiary/aromatic N) is 1. The van der Waals surface area contributed by atoms with Crippen molar-refractivity contribution in [3.05, 3.63) is 29.6 Å². The Hall–Kier alpha value is -1.10. The molecule has 0 radical (unpaired) electrons. The molecule has 0 spiro atoms. The van der Waals surface area contributed by atoms with Crippen LogP contribution in [-0.4, -0.2) is 17.7 Å². The van der Waals surface area contributed by atoms with Crippen LogP contribution in [0.1, 0.15) is 11.1 Å². The van der Waals surface area contributed by atoms with E-state index < -0.39 is 12.7 Å². The van der Waals surface area contributed by atoms with Crippen LogP contribution in [0.4, 0.5) is 13.2 Å². The zero-order valence-electron chi connectivity index (χ0n) is 7.73. The summed E-state index contributed by atoms with van der Waals surface area (Å²) in [5, 5.41) is 2.32. The fourth-order valence-corrected chi connectivity index (χ4v) is 1.02. The molecule has 0 unspecified atom stereocenters. The zero-order valence-corrected chi connectivity index (χ0v) is 7.73. The molecule has 0 fully saturated rings. The third-order valence-corrected chi connectivity index (χ3v) is 1.79. The maximum absolute atomic E-state index is 11.8. The van der Waals surface area contributed by atoms with Crippen molar-refractivity contribution >= 4 is 0 Å². The number of pyridine rings is 1. The molecule has 2 nitrogen and oxygen atoms in total. The van der Waals surface area contributed by atoms with Crippen LogP contribution in [0.5, 0.6) is 0 Å². The Morgan fingerprint density at radius 2 is 2.14 bits per heavy atom. The van der Waals surface area contributed by atoms with Crippen LogP contribution >= 0.6 is 0 Å². The quantitative estimate of drug-likeness (QED) is 0.815. The van der Waals surface area contributed by atoms with E-state index in [0.717, 1.165) is 11.1 Å². The van der Waals surface area contributed by atoms with Gasteiger partial charge in [0.2, 0.25) is 0 Å². The van der Waals surface area contributed by atoms with Gasteiger partial charge in [-0.3, -0.25) is 4.98 Å². The third kappa shape index (κ3) is 3.74. The third-order valence-electron chi connectivity index (χ3n) is 1.79. The molecule has 1 aromatic rings. The number of halogens is 3. The maximum Gasteiger partial charge on any atom is 0.401 e. The van der Waals surface area contributed by atoms with Crippen molar-refractivity contribution in [2.45, 2.75) is 19.6 Å². The summed E-state index contributed by atoms with van der Waals surface area (Å²) in [6, 6.07) is 1.77. The van der Waals surface area contributed by atoms with Crippen LogP contribution < -0.4 is 5.32 Å². The number of rotatable bonds is 3. The van der Waals surface area contributed by atoms with Gasteiger partial charge in [0.15, 0.2) is 0 Å². The largest absolute Gasteiger partial charge is 0.401 e. The van der Waals surface area contributed by atoms with E-state index in [1.54, 1.807) is 18.5 Å². The van der Waals surface area contributed by atoms with Crippen molar-refractivity contribution in [3.63, 3.8) is 0 Å². The normalized spacial score (nSPS) is 11.7. The lowest BCUT2D eigenvalue weighted by Gasteiger charge is -2.09. The lowest BCUT2D eigenvalue weighted by atomic mass is 10.1. The van der Waals surface area contributed by atoms with Gasteiger partial charge in [0.05, 0.1) is 6.54 Å². The summed E-state index contributed by atoms with van der Waals surface area (Å²) in [5.74, 6) is 0. The van der Waals surface area contributed by atoms with E-state index >= 15 is 0 Å². The molecule has 1 aromatic heterocycles. The second-order valence-electron chi connectivity index (χ2n) is 3.02. The lowest BCUT2D eigenvalue weighted by molar-refractivity contribution is -0.125. The molecule has 1 rings (SSSR count). The van der Waals surface area contributed by atoms with Crippen molar-refractivity contribution in [1.82, 2.24) is 10.3 Å². The van der Waals surface area contributed by atoms with E-state index in [0.29, 0.717) is 0 Å². The first-order valence-electron chi connectivity index (χ1n) is 4.16. The fourth-order valence-electron chi connectivity index (χ4n) is 1.02. The second kappa shape index (κ2) is 4.41. The minimum Gasteiger partial charge on any atom is -0.305 e. The van der Waals surface area contributed by atoms with Gasteiger partial charge < -0.3 is 5.32 Å². The van der Waals surface area contributed by atoms with E-state index in [9.17, 15) is 13.2 Å². The number of alkyl halides is 3. The van der Waals surface area contributed by atoms with Crippen molar-refractivity contribution in [1.29, 1.82) is 0 Å². The first kappa shape index (κ1) is 11.0. The van der Waals surface area contributed by atoms with E-state index in [1.807, 2.05) is 6.92 Å². The van der Waals surface area contributed by atoms with Crippen LogP contribution in [0.25, 0.3) is 0 Å². The van der Waals surface area contributed by atoms with Crippen LogP contribution in [0.3, 0.4) is 0 Å². The summed E-state index contributed by atoms with van der Waals surface area (Å²) < 4.78 is 35.3. The van der Waals surface area contributed by atoms with Crippen molar-refractivity contribution in [3.8, 4) is 0 Å². The molecule has 78 valence electrons. The fraction of sp³-hybridized carbons (Fsp3) is 0.444. The Bertz CT molecular complexity index is 296. The van der Waals surface area contributed by atoms with E-state index in [-0.39, 0.29) is 6.54 Å². The summed E-state index contributed by atoms with van der Waals surface area (Å²) in [5.41, 5.74) is 1.73. The Kier molecular flexibility index (Phi) is 3.46. The maximum atomic E-state index is 11.8. The highest BCUT2D eigenvalue weighted by Gasteiger charge is 2.26. The first-order chi connectivity index (χ1) is 6.49. The molecule has 0 atom stereocenters. The number of hydrogen-bond donors (Lipinski definition) is 1. The summed E-state index contributed by atoms with van der Waals surface area (Å²) in [7, 11) is 0. The molecule has 0 saturated heterocycles. The Labute approximate surface area is 80.2 Å². The average Bonchev–Trinajstić information content (AvgIpc) is 2.06. The molecule has 0 aliphatic carbocycles. The zero-order chi connectivity index (χ0) is 10.6. The van der Waals surface area contributed by atoms with E-state index in [4.69, 9.17) is 0 Å². The molecule has 0 bridgehead atoms. The van der Waals surface area contributed by atoms with Crippen molar-refractivity contribution in [2.75, 3.05) is 6.54 Å². The molecule has 5 heteroatoms. The summed E-state index contributed by atoms with van der Waals surface area (Å²) in [6.07, 6.45) is -0.975. The molecule has 0 saturated carbocycles. The lowest BCUT2D eigenvalue weighted by Crippen LogP contribution is -2.28. The number of aromatic nitrogens is 1. The van der Waals surface area contributed by atoms with E-state index in [1.165, 1.54) is 0 Å². The van der Waals surface area contributed by atoms with Gasteiger partial charge in [-0.15, -0.1) is 0 Å². The molecule has 0 aromatic carbocycles. The van der Waals surface area contributed by atoms with Gasteiger partial charge in [0.1, 0.15) is 0 Å². The monoisotopic (exact) mass is 204 g/mol. The summed E-state index contributed by atoms with van der Waals surface area (Å²) >= 11 is 0.